The Bertz CT molecular complexity index is 1070. The second kappa shape index (κ2) is 9.09. The van der Waals surface area contributed by atoms with Gasteiger partial charge < -0.3 is 19.5 Å². The van der Waals surface area contributed by atoms with Crippen LogP contribution in [0.5, 0.6) is 5.75 Å². The van der Waals surface area contributed by atoms with E-state index in [0.29, 0.717) is 5.75 Å². The molecule has 1 amide bonds. The molecule has 3 rings (SSSR count). The number of esters is 2. The van der Waals surface area contributed by atoms with Gasteiger partial charge in [0.05, 0.1) is 25.3 Å². The van der Waals surface area contributed by atoms with Crippen LogP contribution in [0.2, 0.25) is 0 Å². The van der Waals surface area contributed by atoms with Gasteiger partial charge in [0.2, 0.25) is 0 Å². The standard InChI is InChI=1S/C23H21NO6/c1-14(30-20-10-6-8-15-7-4-5-9-19(15)20)21(25)24-18-12-16(22(26)28-2)11-17(13-18)23(27)29-3/h4-14H,1-3H3,(H,24,25)/t14-/m0/s1. The molecule has 0 fully saturated rings. The lowest BCUT2D eigenvalue weighted by Crippen LogP contribution is -2.30. The van der Waals surface area contributed by atoms with Crippen LogP contribution < -0.4 is 10.1 Å². The molecule has 3 aromatic rings. The third-order valence-corrected chi connectivity index (χ3v) is 4.47. The summed E-state index contributed by atoms with van der Waals surface area (Å²) >= 11 is 0. The number of hydrogen-bond donors (Lipinski definition) is 1. The summed E-state index contributed by atoms with van der Waals surface area (Å²) in [5, 5.41) is 4.55. The van der Waals surface area contributed by atoms with Gasteiger partial charge in [-0.15, -0.1) is 0 Å². The monoisotopic (exact) mass is 407 g/mol. The number of benzene rings is 3. The first-order chi connectivity index (χ1) is 14.4. The normalized spacial score (nSPS) is 11.4. The highest BCUT2D eigenvalue weighted by Gasteiger charge is 2.19. The van der Waals surface area contributed by atoms with Crippen LogP contribution in [0.1, 0.15) is 27.6 Å². The number of fused-ring (bicyclic) bond motifs is 1. The summed E-state index contributed by atoms with van der Waals surface area (Å²) in [5.41, 5.74) is 0.466. The first-order valence-electron chi connectivity index (χ1n) is 9.20. The molecule has 0 spiro atoms. The van der Waals surface area contributed by atoms with Crippen LogP contribution in [0.15, 0.2) is 60.7 Å². The van der Waals surface area contributed by atoms with E-state index in [1.807, 2.05) is 36.4 Å². The van der Waals surface area contributed by atoms with Crippen molar-refractivity contribution in [3.63, 3.8) is 0 Å². The predicted molar refractivity (Wildman–Crippen MR) is 112 cm³/mol. The van der Waals surface area contributed by atoms with Crippen molar-refractivity contribution in [3.8, 4) is 5.75 Å². The van der Waals surface area contributed by atoms with Crippen molar-refractivity contribution < 1.29 is 28.6 Å². The van der Waals surface area contributed by atoms with E-state index in [1.165, 1.54) is 32.4 Å². The van der Waals surface area contributed by atoms with Crippen LogP contribution in [0.4, 0.5) is 5.69 Å². The predicted octanol–water partition coefficient (Wildman–Crippen LogP) is 3.82. The van der Waals surface area contributed by atoms with Gasteiger partial charge in [-0.1, -0.05) is 36.4 Å². The van der Waals surface area contributed by atoms with E-state index in [9.17, 15) is 14.4 Å². The number of hydrogen-bond acceptors (Lipinski definition) is 6. The lowest BCUT2D eigenvalue weighted by Gasteiger charge is -2.17. The third-order valence-electron chi connectivity index (χ3n) is 4.47. The van der Waals surface area contributed by atoms with Crippen molar-refractivity contribution >= 4 is 34.3 Å². The molecule has 3 aromatic carbocycles. The number of ether oxygens (including phenoxy) is 3. The van der Waals surface area contributed by atoms with E-state index < -0.39 is 23.9 Å². The van der Waals surface area contributed by atoms with Gasteiger partial charge in [0.1, 0.15) is 5.75 Å². The van der Waals surface area contributed by atoms with Gasteiger partial charge in [-0.25, -0.2) is 9.59 Å². The molecule has 1 atom stereocenters. The number of rotatable bonds is 6. The van der Waals surface area contributed by atoms with Gasteiger partial charge in [0, 0.05) is 11.1 Å². The lowest BCUT2D eigenvalue weighted by molar-refractivity contribution is -0.122. The Morgan fingerprint density at radius 3 is 2.07 bits per heavy atom. The molecular weight excluding hydrogens is 386 g/mol. The smallest absolute Gasteiger partial charge is 0.337 e. The molecule has 0 bridgehead atoms. The van der Waals surface area contributed by atoms with Crippen molar-refractivity contribution in [2.45, 2.75) is 13.0 Å². The van der Waals surface area contributed by atoms with Gasteiger partial charge in [-0.05, 0) is 36.6 Å². The fourth-order valence-electron chi connectivity index (χ4n) is 2.96. The molecule has 154 valence electrons. The van der Waals surface area contributed by atoms with Gasteiger partial charge in [0.25, 0.3) is 5.91 Å². The van der Waals surface area contributed by atoms with Crippen LogP contribution in [0.25, 0.3) is 10.8 Å². The maximum Gasteiger partial charge on any atom is 0.337 e. The molecule has 7 heteroatoms. The molecule has 0 unspecified atom stereocenters. The Kier molecular flexibility index (Phi) is 6.32. The Balaban J connectivity index is 1.82. The van der Waals surface area contributed by atoms with Crippen molar-refractivity contribution in [3.05, 3.63) is 71.8 Å². The summed E-state index contributed by atoms with van der Waals surface area (Å²) in [6.45, 7) is 1.61. The third kappa shape index (κ3) is 4.57. The van der Waals surface area contributed by atoms with Crippen LogP contribution in [0, 0.1) is 0 Å². The number of carbonyl (C=O) groups excluding carboxylic acids is 3. The minimum absolute atomic E-state index is 0.110. The van der Waals surface area contributed by atoms with E-state index in [1.54, 1.807) is 13.0 Å². The Labute approximate surface area is 173 Å². The van der Waals surface area contributed by atoms with Crippen LogP contribution >= 0.6 is 0 Å². The van der Waals surface area contributed by atoms with Crippen molar-refractivity contribution in [2.24, 2.45) is 0 Å². The number of nitrogens with one attached hydrogen (secondary N) is 1. The van der Waals surface area contributed by atoms with Gasteiger partial charge >= 0.3 is 11.9 Å². The second-order valence-corrected chi connectivity index (χ2v) is 6.51. The Morgan fingerprint density at radius 1 is 0.833 bits per heavy atom. The minimum Gasteiger partial charge on any atom is -0.480 e. The number of methoxy groups -OCH3 is 2. The Morgan fingerprint density at radius 2 is 1.43 bits per heavy atom. The van der Waals surface area contributed by atoms with E-state index in [4.69, 9.17) is 14.2 Å². The summed E-state index contributed by atoms with van der Waals surface area (Å²) in [7, 11) is 2.46. The SMILES string of the molecule is COC(=O)c1cc(NC(=O)[C@H](C)Oc2cccc3ccccc23)cc(C(=O)OC)c1. The van der Waals surface area contributed by atoms with Crippen molar-refractivity contribution in [2.75, 3.05) is 19.5 Å². The molecule has 0 aliphatic heterocycles. The molecular formula is C23H21NO6. The fourth-order valence-corrected chi connectivity index (χ4v) is 2.96. The molecule has 7 nitrogen and oxygen atoms in total. The maximum absolute atomic E-state index is 12.7. The zero-order chi connectivity index (χ0) is 21.7. The van der Waals surface area contributed by atoms with E-state index >= 15 is 0 Å². The molecule has 0 saturated heterocycles. The molecule has 0 aliphatic carbocycles. The van der Waals surface area contributed by atoms with Crippen LogP contribution in [-0.2, 0) is 14.3 Å². The minimum atomic E-state index is -0.834. The van der Waals surface area contributed by atoms with Crippen molar-refractivity contribution in [1.82, 2.24) is 0 Å². The highest BCUT2D eigenvalue weighted by Crippen LogP contribution is 2.26. The van der Waals surface area contributed by atoms with Crippen molar-refractivity contribution in [1.29, 1.82) is 0 Å². The van der Waals surface area contributed by atoms with Crippen LogP contribution in [-0.4, -0.2) is 38.2 Å². The summed E-state index contributed by atoms with van der Waals surface area (Å²) in [4.78, 5) is 36.5. The largest absolute Gasteiger partial charge is 0.480 e. The summed E-state index contributed by atoms with van der Waals surface area (Å²) in [6, 6.07) is 17.5. The highest BCUT2D eigenvalue weighted by molar-refractivity contribution is 6.00. The number of anilines is 1. The van der Waals surface area contributed by atoms with Gasteiger partial charge in [-0.2, -0.15) is 0 Å². The topological polar surface area (TPSA) is 90.9 Å². The molecule has 0 aromatic heterocycles. The summed E-state index contributed by atoms with van der Waals surface area (Å²) < 4.78 is 15.3. The second-order valence-electron chi connectivity index (χ2n) is 6.51. The molecule has 0 saturated carbocycles. The van der Waals surface area contributed by atoms with E-state index in [0.717, 1.165) is 10.8 Å². The quantitative estimate of drug-likeness (QED) is 0.625. The average molecular weight is 407 g/mol. The zero-order valence-electron chi connectivity index (χ0n) is 16.8. The van der Waals surface area contributed by atoms with Crippen LogP contribution in [0.3, 0.4) is 0 Å². The fraction of sp³-hybridized carbons (Fsp3) is 0.174. The number of carbonyl (C=O) groups is 3. The summed E-state index contributed by atoms with van der Waals surface area (Å²) in [6.07, 6.45) is -0.834. The molecule has 0 aliphatic rings. The Hall–Kier alpha value is -3.87. The maximum atomic E-state index is 12.7. The van der Waals surface area contributed by atoms with Gasteiger partial charge in [-0.3, -0.25) is 4.79 Å². The van der Waals surface area contributed by atoms with E-state index in [2.05, 4.69) is 5.32 Å². The molecule has 1 N–H and O–H groups in total. The summed E-state index contributed by atoms with van der Waals surface area (Å²) in [5.74, 6) is -1.15. The first-order valence-corrected chi connectivity index (χ1v) is 9.20. The highest BCUT2D eigenvalue weighted by atomic mass is 16.5. The average Bonchev–Trinajstić information content (AvgIpc) is 2.77. The van der Waals surface area contributed by atoms with Gasteiger partial charge in [0.15, 0.2) is 6.10 Å². The molecule has 0 heterocycles. The molecule has 0 radical (unpaired) electrons. The van der Waals surface area contributed by atoms with E-state index in [-0.39, 0.29) is 16.8 Å². The molecule has 30 heavy (non-hydrogen) atoms. The zero-order valence-corrected chi connectivity index (χ0v) is 16.8. The first kappa shape index (κ1) is 20.9. The lowest BCUT2D eigenvalue weighted by atomic mass is 10.1. The number of amides is 1.